The van der Waals surface area contributed by atoms with Crippen LogP contribution >= 0.6 is 0 Å². The Bertz CT molecular complexity index is 389. The molecule has 0 radical (unpaired) electrons. The van der Waals surface area contributed by atoms with Crippen molar-refractivity contribution in [3.05, 3.63) is 12.7 Å². The number of hydrogen-bond acceptors (Lipinski definition) is 5. The van der Waals surface area contributed by atoms with Gasteiger partial charge in [-0.25, -0.2) is 4.79 Å². The Labute approximate surface area is 120 Å². The fraction of sp³-hybridized carbons (Fsp3) is 0.643. The molecule has 1 atom stereocenters. The molecule has 0 rings (SSSR count). The van der Waals surface area contributed by atoms with Gasteiger partial charge in [-0.05, 0) is 25.8 Å². The second-order valence-electron chi connectivity index (χ2n) is 5.46. The third-order valence-electron chi connectivity index (χ3n) is 2.80. The molecule has 0 heterocycles. The van der Waals surface area contributed by atoms with Crippen LogP contribution in [0.1, 0.15) is 27.7 Å². The Morgan fingerprint density at radius 2 is 1.95 bits per heavy atom. The lowest BCUT2D eigenvalue weighted by Gasteiger charge is -2.27. The maximum absolute atomic E-state index is 12.2. The second kappa shape index (κ2) is 7.67. The van der Waals surface area contributed by atoms with E-state index in [4.69, 9.17) is 10.1 Å². The molecule has 0 spiro atoms. The third-order valence-corrected chi connectivity index (χ3v) is 2.80. The summed E-state index contributed by atoms with van der Waals surface area (Å²) in [6, 6.07) is -0.703. The van der Waals surface area contributed by atoms with Crippen LogP contribution in [0.5, 0.6) is 0 Å². The topological polar surface area (TPSA) is 88.5 Å². The van der Waals surface area contributed by atoms with Gasteiger partial charge in [-0.1, -0.05) is 20.4 Å². The number of ether oxygens (including phenoxy) is 2. The van der Waals surface area contributed by atoms with E-state index in [1.807, 2.05) is 13.8 Å². The smallest absolute Gasteiger partial charge is 0.328 e. The second-order valence-corrected chi connectivity index (χ2v) is 5.46. The van der Waals surface area contributed by atoms with Gasteiger partial charge in [0.25, 0.3) is 0 Å². The van der Waals surface area contributed by atoms with E-state index >= 15 is 0 Å². The van der Waals surface area contributed by atoms with Gasteiger partial charge in [0.2, 0.25) is 11.8 Å². The number of methoxy groups -OCH3 is 1. The molecule has 0 aliphatic carbocycles. The lowest BCUT2D eigenvalue weighted by Crippen LogP contribution is -2.50. The molecule has 0 saturated carbocycles. The summed E-state index contributed by atoms with van der Waals surface area (Å²) in [5, 5.41) is 9.98. The Morgan fingerprint density at radius 1 is 1.40 bits per heavy atom. The van der Waals surface area contributed by atoms with Crippen molar-refractivity contribution < 1.29 is 19.1 Å². The molecule has 0 unspecified atom stereocenters. The van der Waals surface area contributed by atoms with Crippen LogP contribution in [0.15, 0.2) is 12.7 Å². The summed E-state index contributed by atoms with van der Waals surface area (Å²) in [7, 11) is 1.28. The highest BCUT2D eigenvalue weighted by molar-refractivity contribution is 5.88. The van der Waals surface area contributed by atoms with Crippen molar-refractivity contribution in [2.75, 3.05) is 13.7 Å². The van der Waals surface area contributed by atoms with E-state index in [0.29, 0.717) is 0 Å². The number of hydrogen-bond donors (Lipinski definition) is 2. The van der Waals surface area contributed by atoms with Gasteiger partial charge in [0.15, 0.2) is 0 Å². The molecule has 0 fully saturated rings. The van der Waals surface area contributed by atoms with Gasteiger partial charge in [-0.2, -0.15) is 0 Å². The van der Waals surface area contributed by atoms with Crippen molar-refractivity contribution in [1.29, 1.82) is 5.41 Å². The molecule has 6 nitrogen and oxygen atoms in total. The molecule has 0 aliphatic rings. The Morgan fingerprint density at radius 3 is 2.35 bits per heavy atom. The van der Waals surface area contributed by atoms with E-state index in [0.717, 1.165) is 0 Å². The minimum atomic E-state index is -0.879. The fourth-order valence-corrected chi connectivity index (χ4v) is 1.34. The number of rotatable bonds is 7. The zero-order valence-corrected chi connectivity index (χ0v) is 12.8. The van der Waals surface area contributed by atoms with Crippen LogP contribution < -0.4 is 5.32 Å². The van der Waals surface area contributed by atoms with Gasteiger partial charge in [-0.15, -0.1) is 0 Å². The predicted octanol–water partition coefficient (Wildman–Crippen LogP) is 1.51. The first kappa shape index (κ1) is 18.1. The normalized spacial score (nSPS) is 12.5. The van der Waals surface area contributed by atoms with Crippen molar-refractivity contribution >= 4 is 17.8 Å². The molecule has 0 saturated heterocycles. The van der Waals surface area contributed by atoms with Gasteiger partial charge in [0, 0.05) is 0 Å². The molecule has 2 N–H and O–H groups in total. The van der Waals surface area contributed by atoms with Gasteiger partial charge < -0.3 is 14.8 Å². The maximum atomic E-state index is 12.2. The summed E-state index contributed by atoms with van der Waals surface area (Å²) in [6.07, 6.45) is 1.25. The predicted molar refractivity (Wildman–Crippen MR) is 76.4 cm³/mol. The van der Waals surface area contributed by atoms with Crippen LogP contribution in [0.2, 0.25) is 0 Å². The first-order valence-corrected chi connectivity index (χ1v) is 6.38. The summed E-state index contributed by atoms with van der Waals surface area (Å²) < 4.78 is 9.76. The molecule has 114 valence electrons. The van der Waals surface area contributed by atoms with E-state index in [9.17, 15) is 9.59 Å². The van der Waals surface area contributed by atoms with Gasteiger partial charge >= 0.3 is 5.97 Å². The SMILES string of the molecule is C=CC(=N)OCC(C)(C)C(=O)N[C@H](C(=O)OC)C(C)C. The van der Waals surface area contributed by atoms with Crippen LogP contribution in [-0.4, -0.2) is 37.5 Å². The van der Waals surface area contributed by atoms with Gasteiger partial charge in [-0.3, -0.25) is 10.2 Å². The molecule has 0 aromatic rings. The zero-order chi connectivity index (χ0) is 15.9. The van der Waals surface area contributed by atoms with Crippen LogP contribution in [0, 0.1) is 16.7 Å². The van der Waals surface area contributed by atoms with Gasteiger partial charge in [0.05, 0.1) is 12.5 Å². The molecule has 0 bridgehead atoms. The summed E-state index contributed by atoms with van der Waals surface area (Å²) in [4.78, 5) is 23.8. The van der Waals surface area contributed by atoms with E-state index in [-0.39, 0.29) is 24.3 Å². The lowest BCUT2D eigenvalue weighted by molar-refractivity contribution is -0.148. The molecule has 1 amide bonds. The Balaban J connectivity index is 4.73. The number of amides is 1. The number of carbonyl (C=O) groups excluding carboxylic acids is 2. The Kier molecular flexibility index (Phi) is 6.96. The number of carbonyl (C=O) groups is 2. The van der Waals surface area contributed by atoms with E-state index in [1.54, 1.807) is 13.8 Å². The van der Waals surface area contributed by atoms with Crippen LogP contribution in [0.3, 0.4) is 0 Å². The van der Waals surface area contributed by atoms with Crippen molar-refractivity contribution in [3.63, 3.8) is 0 Å². The third kappa shape index (κ3) is 5.42. The van der Waals surface area contributed by atoms with E-state index in [2.05, 4.69) is 16.6 Å². The van der Waals surface area contributed by atoms with Crippen molar-refractivity contribution in [3.8, 4) is 0 Å². The molecular weight excluding hydrogens is 260 g/mol. The summed E-state index contributed by atoms with van der Waals surface area (Å²) >= 11 is 0. The quantitative estimate of drug-likeness (QED) is 0.421. The van der Waals surface area contributed by atoms with Crippen molar-refractivity contribution in [1.82, 2.24) is 5.32 Å². The zero-order valence-electron chi connectivity index (χ0n) is 12.8. The Hall–Kier alpha value is -1.85. The highest BCUT2D eigenvalue weighted by Crippen LogP contribution is 2.17. The van der Waals surface area contributed by atoms with Crippen LogP contribution in [0.25, 0.3) is 0 Å². The fourth-order valence-electron chi connectivity index (χ4n) is 1.34. The highest BCUT2D eigenvalue weighted by atomic mass is 16.5. The monoisotopic (exact) mass is 284 g/mol. The largest absolute Gasteiger partial charge is 0.477 e. The number of nitrogens with one attached hydrogen (secondary N) is 2. The maximum Gasteiger partial charge on any atom is 0.328 e. The number of esters is 1. The van der Waals surface area contributed by atoms with Crippen LogP contribution in [-0.2, 0) is 19.1 Å². The molecule has 6 heteroatoms. The standard InChI is InChI=1S/C14H24N2O4/c1-7-10(15)20-8-14(4,5)13(18)16-11(9(2)3)12(17)19-6/h7,9,11,15H,1,8H2,2-6H3,(H,16,18)/t11-/m0/s1. The summed E-state index contributed by atoms with van der Waals surface area (Å²) in [6.45, 7) is 10.4. The van der Waals surface area contributed by atoms with Crippen molar-refractivity contribution in [2.45, 2.75) is 33.7 Å². The van der Waals surface area contributed by atoms with Crippen LogP contribution in [0.4, 0.5) is 0 Å². The van der Waals surface area contributed by atoms with Crippen molar-refractivity contribution in [2.24, 2.45) is 11.3 Å². The lowest BCUT2D eigenvalue weighted by atomic mass is 9.92. The molecule has 20 heavy (non-hydrogen) atoms. The van der Waals surface area contributed by atoms with E-state index < -0.39 is 17.4 Å². The summed E-state index contributed by atoms with van der Waals surface area (Å²) in [5.41, 5.74) is -0.879. The molecule has 0 aliphatic heterocycles. The molecule has 0 aromatic carbocycles. The average Bonchev–Trinajstić information content (AvgIpc) is 2.40. The van der Waals surface area contributed by atoms with Gasteiger partial charge in [0.1, 0.15) is 12.6 Å². The molecule has 0 aromatic heterocycles. The highest BCUT2D eigenvalue weighted by Gasteiger charge is 2.33. The molecular formula is C14H24N2O4. The first-order chi connectivity index (χ1) is 9.15. The first-order valence-electron chi connectivity index (χ1n) is 6.38. The minimum absolute atomic E-state index is 0.0235. The minimum Gasteiger partial charge on any atom is -0.477 e. The summed E-state index contributed by atoms with van der Waals surface area (Å²) in [5.74, 6) is -1.00. The average molecular weight is 284 g/mol. The van der Waals surface area contributed by atoms with E-state index in [1.165, 1.54) is 13.2 Å².